The van der Waals surface area contributed by atoms with E-state index in [1.54, 1.807) is 0 Å². The number of nitrogens with one attached hydrogen (secondary N) is 1. The van der Waals surface area contributed by atoms with Gasteiger partial charge in [0, 0.05) is 0 Å². The van der Waals surface area contributed by atoms with Crippen LogP contribution in [0, 0.1) is 0 Å². The van der Waals surface area contributed by atoms with E-state index in [4.69, 9.17) is 0 Å². The summed E-state index contributed by atoms with van der Waals surface area (Å²) < 4.78 is 8.55. The molecule has 0 saturated heterocycles. The first-order valence-corrected chi connectivity index (χ1v) is 2.19. The molecule has 1 N–H and O–H groups in total. The lowest BCUT2D eigenvalue weighted by molar-refractivity contribution is 0.171. The molecule has 0 aromatic heterocycles. The number of amides is 1. The van der Waals surface area contributed by atoms with Gasteiger partial charge in [-0.1, -0.05) is 0 Å². The normalized spacial score (nSPS) is 9.11. The number of nitrogens with zero attached hydrogens (tertiary/aromatic N) is 1. The van der Waals surface area contributed by atoms with Crippen LogP contribution in [0.3, 0.4) is 0 Å². The van der Waals surface area contributed by atoms with Crippen LogP contribution in [0.4, 0.5) is 4.79 Å². The molecule has 5 heteroatoms. The second kappa shape index (κ2) is 4.89. The van der Waals surface area contributed by atoms with Crippen molar-refractivity contribution in [3.05, 3.63) is 0 Å². The molecule has 0 radical (unpaired) electrons. The van der Waals surface area contributed by atoms with Crippen molar-refractivity contribution in [1.29, 1.82) is 0 Å². The zero-order chi connectivity index (χ0) is 7.11. The second-order valence-corrected chi connectivity index (χ2v) is 1.07. The Bertz CT molecular complexity index is 112. The maximum atomic E-state index is 10.2. The van der Waals surface area contributed by atoms with Crippen molar-refractivity contribution in [2.45, 2.75) is 0 Å². The fourth-order valence-electron chi connectivity index (χ4n) is 0.177. The fourth-order valence-corrected chi connectivity index (χ4v) is 0.177. The molecule has 1 amide bonds. The van der Waals surface area contributed by atoms with Crippen LogP contribution in [-0.2, 0) is 9.47 Å². The minimum Gasteiger partial charge on any atom is -0.485 e. The Morgan fingerprint density at radius 1 is 1.67 bits per heavy atom. The Morgan fingerprint density at radius 2 is 2.33 bits per heavy atom. The Labute approximate surface area is 52.6 Å². The third-order valence-electron chi connectivity index (χ3n) is 0.499. The van der Waals surface area contributed by atoms with Crippen LogP contribution in [0.15, 0.2) is 5.10 Å². The summed E-state index contributed by atoms with van der Waals surface area (Å²) in [6.07, 6.45) is 0.458. The molecule has 0 aromatic carbocycles. The Balaban J connectivity index is 3.26. The van der Waals surface area contributed by atoms with Gasteiger partial charge in [-0.2, -0.15) is 0 Å². The van der Waals surface area contributed by atoms with E-state index < -0.39 is 6.09 Å². The highest BCUT2D eigenvalue weighted by Crippen LogP contribution is 1.68. The Kier molecular flexibility index (Phi) is 4.20. The maximum absolute atomic E-state index is 10.2. The maximum Gasteiger partial charge on any atom is 0.427 e. The van der Waals surface area contributed by atoms with Gasteiger partial charge in [-0.3, -0.25) is 0 Å². The van der Waals surface area contributed by atoms with Crippen LogP contribution in [0.2, 0.25) is 0 Å². The molecule has 52 valence electrons. The third-order valence-corrected chi connectivity index (χ3v) is 0.499. The van der Waals surface area contributed by atoms with Gasteiger partial charge in [-0.05, 0) is 0 Å². The number of hydrazone groups is 1. The average molecular weight is 132 g/mol. The zero-order valence-electron chi connectivity index (χ0n) is 5.25. The van der Waals surface area contributed by atoms with E-state index in [2.05, 4.69) is 14.6 Å². The van der Waals surface area contributed by atoms with Gasteiger partial charge in [0.05, 0.1) is 14.2 Å². The van der Waals surface area contributed by atoms with Crippen molar-refractivity contribution in [1.82, 2.24) is 5.43 Å². The summed E-state index contributed by atoms with van der Waals surface area (Å²) in [5, 5.41) is 3.29. The van der Waals surface area contributed by atoms with Crippen molar-refractivity contribution in [3.8, 4) is 0 Å². The van der Waals surface area contributed by atoms with Gasteiger partial charge in [0.1, 0.15) is 0 Å². The third kappa shape index (κ3) is 4.60. The van der Waals surface area contributed by atoms with Crippen LogP contribution >= 0.6 is 0 Å². The van der Waals surface area contributed by atoms with Gasteiger partial charge in [0.2, 0.25) is 0 Å². The summed E-state index contributed by atoms with van der Waals surface area (Å²) in [5.41, 5.74) is 2.02. The lowest BCUT2D eigenvalue weighted by Crippen LogP contribution is -2.16. The summed E-state index contributed by atoms with van der Waals surface area (Å²) >= 11 is 0. The second-order valence-electron chi connectivity index (χ2n) is 1.07. The molecular formula is C4H8N2O3. The summed E-state index contributed by atoms with van der Waals surface area (Å²) in [6.45, 7) is 0. The standard InChI is InChI=1S/C4H8N2O3/c1-8-3-5-6-4(7)9-2/h3H,1-2H3,(H,6,7)/b5-3+. The highest BCUT2D eigenvalue weighted by atomic mass is 16.5. The SMILES string of the molecule is CO/C=N/NC(=O)OC. The summed E-state index contributed by atoms with van der Waals surface area (Å²) in [5.74, 6) is 0. The summed E-state index contributed by atoms with van der Waals surface area (Å²) in [6, 6.07) is 0. The number of ether oxygens (including phenoxy) is 2. The predicted molar refractivity (Wildman–Crippen MR) is 31.0 cm³/mol. The average Bonchev–Trinajstić information content (AvgIpc) is 1.89. The topological polar surface area (TPSA) is 59.9 Å². The number of carbonyl (C=O) groups is 1. The van der Waals surface area contributed by atoms with Gasteiger partial charge in [-0.25, -0.2) is 10.2 Å². The first kappa shape index (κ1) is 7.74. The van der Waals surface area contributed by atoms with Crippen molar-refractivity contribution in [2.75, 3.05) is 14.2 Å². The molecule has 0 aliphatic rings. The number of methoxy groups -OCH3 is 2. The fraction of sp³-hybridized carbons (Fsp3) is 0.500. The molecule has 0 spiro atoms. The van der Waals surface area contributed by atoms with Crippen LogP contribution < -0.4 is 5.43 Å². The van der Waals surface area contributed by atoms with E-state index in [0.717, 1.165) is 6.40 Å². The van der Waals surface area contributed by atoms with Crippen LogP contribution in [0.5, 0.6) is 0 Å². The molecule has 0 aliphatic heterocycles. The van der Waals surface area contributed by atoms with E-state index in [1.165, 1.54) is 14.2 Å². The van der Waals surface area contributed by atoms with Gasteiger partial charge < -0.3 is 9.47 Å². The number of hydrogen-bond donors (Lipinski definition) is 1. The molecule has 0 fully saturated rings. The van der Waals surface area contributed by atoms with E-state index in [1.807, 2.05) is 5.43 Å². The first-order valence-electron chi connectivity index (χ1n) is 2.19. The molecule has 9 heavy (non-hydrogen) atoms. The Morgan fingerprint density at radius 3 is 2.78 bits per heavy atom. The van der Waals surface area contributed by atoms with Crippen LogP contribution in [-0.4, -0.2) is 26.7 Å². The highest BCUT2D eigenvalue weighted by Gasteiger charge is 1.90. The summed E-state index contributed by atoms with van der Waals surface area (Å²) in [4.78, 5) is 10.2. The first-order chi connectivity index (χ1) is 4.31. The van der Waals surface area contributed by atoms with E-state index in [9.17, 15) is 4.79 Å². The van der Waals surface area contributed by atoms with Crippen molar-refractivity contribution in [3.63, 3.8) is 0 Å². The van der Waals surface area contributed by atoms with E-state index in [-0.39, 0.29) is 0 Å². The number of carbonyl (C=O) groups excluding carboxylic acids is 1. The quantitative estimate of drug-likeness (QED) is 0.325. The van der Waals surface area contributed by atoms with E-state index >= 15 is 0 Å². The molecule has 0 heterocycles. The number of rotatable bonds is 2. The molecule has 0 aromatic rings. The van der Waals surface area contributed by atoms with Crippen molar-refractivity contribution in [2.24, 2.45) is 5.10 Å². The van der Waals surface area contributed by atoms with Gasteiger partial charge in [0.25, 0.3) is 0 Å². The predicted octanol–water partition coefficient (Wildman–Crippen LogP) is -0.0679. The van der Waals surface area contributed by atoms with E-state index in [0.29, 0.717) is 0 Å². The highest BCUT2D eigenvalue weighted by molar-refractivity contribution is 5.67. The van der Waals surface area contributed by atoms with Gasteiger partial charge in [-0.15, -0.1) is 5.10 Å². The molecule has 0 saturated carbocycles. The largest absolute Gasteiger partial charge is 0.485 e. The molecule has 0 bridgehead atoms. The lowest BCUT2D eigenvalue weighted by atomic mass is 11.2. The Hall–Kier alpha value is -1.26. The smallest absolute Gasteiger partial charge is 0.427 e. The molecule has 0 atom stereocenters. The van der Waals surface area contributed by atoms with Crippen LogP contribution in [0.1, 0.15) is 0 Å². The molecule has 5 nitrogen and oxygen atoms in total. The van der Waals surface area contributed by atoms with Gasteiger partial charge >= 0.3 is 6.09 Å². The number of hydrogen-bond acceptors (Lipinski definition) is 4. The molecule has 0 aliphatic carbocycles. The monoisotopic (exact) mass is 132 g/mol. The molecule has 0 unspecified atom stereocenters. The van der Waals surface area contributed by atoms with Gasteiger partial charge in [0.15, 0.2) is 6.40 Å². The molecule has 0 rings (SSSR count). The van der Waals surface area contributed by atoms with Crippen molar-refractivity contribution >= 4 is 12.5 Å². The minimum absolute atomic E-state index is 0.622. The van der Waals surface area contributed by atoms with Crippen molar-refractivity contribution < 1.29 is 14.3 Å². The zero-order valence-corrected chi connectivity index (χ0v) is 5.25. The molecular weight excluding hydrogens is 124 g/mol. The summed E-state index contributed by atoms with van der Waals surface area (Å²) in [7, 11) is 2.67. The lowest BCUT2D eigenvalue weighted by Gasteiger charge is -1.93. The minimum atomic E-state index is -0.622. The van der Waals surface area contributed by atoms with Crippen LogP contribution in [0.25, 0.3) is 0 Å².